The van der Waals surface area contributed by atoms with Gasteiger partial charge in [0, 0.05) is 32.0 Å². The van der Waals surface area contributed by atoms with Crippen molar-refractivity contribution in [2.75, 3.05) is 7.05 Å². The summed E-state index contributed by atoms with van der Waals surface area (Å²) in [7, 11) is 1.50. The van der Waals surface area contributed by atoms with E-state index < -0.39 is 11.9 Å². The van der Waals surface area contributed by atoms with Crippen molar-refractivity contribution >= 4 is 35.5 Å². The van der Waals surface area contributed by atoms with Gasteiger partial charge in [-0.2, -0.15) is 0 Å². The average molecular weight is 634 g/mol. The minimum atomic E-state index is -1.02. The molecule has 43 heavy (non-hydrogen) atoms. The molecule has 1 atom stereocenters. The van der Waals surface area contributed by atoms with Crippen molar-refractivity contribution in [1.82, 2.24) is 0 Å². The van der Waals surface area contributed by atoms with E-state index in [0.717, 1.165) is 32.0 Å². The van der Waals surface area contributed by atoms with Crippen LogP contribution in [0.4, 0.5) is 0 Å². The second-order valence-electron chi connectivity index (χ2n) is 14.9. The Bertz CT molecular complexity index is 1210. The fourth-order valence-electron chi connectivity index (χ4n) is 4.50. The van der Waals surface area contributed by atoms with Crippen LogP contribution in [0.25, 0.3) is 0 Å². The van der Waals surface area contributed by atoms with Gasteiger partial charge in [-0.05, 0) is 59.9 Å². The van der Waals surface area contributed by atoms with E-state index in [1.165, 1.54) is 7.05 Å². The summed E-state index contributed by atoms with van der Waals surface area (Å²) in [5.41, 5.74) is 7.22. The molecule has 0 radical (unpaired) electrons. The van der Waals surface area contributed by atoms with Gasteiger partial charge in [0.05, 0.1) is 17.4 Å². The molecule has 0 heterocycles. The number of benzene rings is 2. The Kier molecular flexibility index (Phi) is 13.3. The molecule has 0 aromatic heterocycles. The summed E-state index contributed by atoms with van der Waals surface area (Å²) >= 11 is 3.52. The smallest absolute Gasteiger partial charge is 0.311 e. The number of esters is 1. The number of thioether (sulfide) groups is 2. The Labute approximate surface area is 268 Å². The summed E-state index contributed by atoms with van der Waals surface area (Å²) in [6.07, 6.45) is -0.436. The first-order valence-corrected chi connectivity index (χ1v) is 16.6. The van der Waals surface area contributed by atoms with Crippen LogP contribution in [0, 0.1) is 0 Å². The highest BCUT2D eigenvalue weighted by Gasteiger charge is 2.31. The molecule has 0 saturated carbocycles. The van der Waals surface area contributed by atoms with E-state index in [2.05, 4.69) is 120 Å². The molecule has 2 aromatic rings. The van der Waals surface area contributed by atoms with Crippen LogP contribution in [0.1, 0.15) is 125 Å². The van der Waals surface area contributed by atoms with Gasteiger partial charge < -0.3 is 20.7 Å². The summed E-state index contributed by atoms with van der Waals surface area (Å²) < 4.78 is 6.05. The zero-order valence-electron chi connectivity index (χ0n) is 28.8. The number of nitrogens with two attached hydrogens (primary N) is 1. The number of phenolic OH excluding ortho intramolecular Hbond substituents is 1. The lowest BCUT2D eigenvalue weighted by Gasteiger charge is -2.30. The number of carboxylic acids is 1. The first-order valence-electron chi connectivity index (χ1n) is 14.8. The molecule has 0 saturated heterocycles. The highest BCUT2D eigenvalue weighted by Crippen LogP contribution is 2.47. The van der Waals surface area contributed by atoms with E-state index in [1.54, 1.807) is 23.5 Å². The summed E-state index contributed by atoms with van der Waals surface area (Å²) in [5.74, 6) is -0.643. The number of carbonyl (C=O) groups is 2. The number of rotatable bonds is 8. The van der Waals surface area contributed by atoms with E-state index >= 15 is 0 Å². The maximum atomic E-state index is 12.6. The maximum Gasteiger partial charge on any atom is 0.311 e. The van der Waals surface area contributed by atoms with Crippen LogP contribution in [0.5, 0.6) is 11.5 Å². The maximum absolute atomic E-state index is 12.6. The zero-order chi connectivity index (χ0) is 33.7. The number of carbonyl (C=O) groups excluding carboxylic acids is 1. The summed E-state index contributed by atoms with van der Waals surface area (Å²) in [6, 6.07) is 8.45. The standard InChI is InChI=1S/C34H50O5S2.CH5N/c1-20(40-21-16-23(31(2,3)4)29(38)24(17-21)32(5,6)7)41-22-18-25(33(8,9)10)30(26(19-22)34(11,12)13)39-28(37)15-14-27(35)36;1-2/h16-20,38H,14-15H2,1-13H3,(H,35,36);2H2,1H3. The number of hydrogen-bond donors (Lipinski definition) is 3. The lowest BCUT2D eigenvalue weighted by atomic mass is 9.79. The van der Waals surface area contributed by atoms with Gasteiger partial charge >= 0.3 is 11.9 Å². The lowest BCUT2D eigenvalue weighted by Crippen LogP contribution is -2.22. The van der Waals surface area contributed by atoms with Crippen LogP contribution in [-0.2, 0) is 31.2 Å². The Morgan fingerprint density at radius 1 is 0.698 bits per heavy atom. The molecule has 6 nitrogen and oxygen atoms in total. The van der Waals surface area contributed by atoms with Gasteiger partial charge in [0.15, 0.2) is 0 Å². The van der Waals surface area contributed by atoms with Crippen LogP contribution in [0.2, 0.25) is 0 Å². The van der Waals surface area contributed by atoms with E-state index in [0.29, 0.717) is 11.5 Å². The number of phenols is 1. The zero-order valence-corrected chi connectivity index (χ0v) is 30.4. The average Bonchev–Trinajstić information content (AvgIpc) is 2.82. The molecular weight excluding hydrogens is 579 g/mol. The Balaban J connectivity index is 0.00000452. The predicted molar refractivity (Wildman–Crippen MR) is 183 cm³/mol. The number of aromatic hydroxyl groups is 1. The fourth-order valence-corrected chi connectivity index (χ4v) is 6.86. The normalized spacial score (nSPS) is 13.2. The Hall–Kier alpha value is -2.16. The number of ether oxygens (including phenoxy) is 1. The molecule has 2 aromatic carbocycles. The molecular formula is C35H55NO5S2. The van der Waals surface area contributed by atoms with Crippen LogP contribution < -0.4 is 10.5 Å². The second-order valence-corrected chi connectivity index (χ2v) is 18.0. The van der Waals surface area contributed by atoms with E-state index in [9.17, 15) is 14.7 Å². The SMILES string of the molecule is CC(Sc1cc(C(C)(C)C)c(O)c(C(C)(C)C)c1)Sc1cc(C(C)(C)C)c(OC(=O)CCC(=O)O)c(C(C)(C)C)c1.CN. The predicted octanol–water partition coefficient (Wildman–Crippen LogP) is 9.16. The molecule has 242 valence electrons. The van der Waals surface area contributed by atoms with Gasteiger partial charge in [-0.15, -0.1) is 23.5 Å². The summed E-state index contributed by atoms with van der Waals surface area (Å²) in [5, 5.41) is 20.2. The molecule has 0 aliphatic heterocycles. The lowest BCUT2D eigenvalue weighted by molar-refractivity contribution is -0.142. The molecule has 0 spiro atoms. The van der Waals surface area contributed by atoms with Crippen molar-refractivity contribution in [3.8, 4) is 11.5 Å². The third-order valence-electron chi connectivity index (χ3n) is 6.74. The third-order valence-corrected chi connectivity index (χ3v) is 9.00. The van der Waals surface area contributed by atoms with Crippen molar-refractivity contribution in [3.05, 3.63) is 46.5 Å². The van der Waals surface area contributed by atoms with E-state index in [1.807, 2.05) is 0 Å². The van der Waals surface area contributed by atoms with Gasteiger partial charge in [0.2, 0.25) is 0 Å². The van der Waals surface area contributed by atoms with Crippen molar-refractivity contribution in [1.29, 1.82) is 0 Å². The largest absolute Gasteiger partial charge is 0.507 e. The fraction of sp³-hybridized carbons (Fsp3) is 0.600. The summed E-state index contributed by atoms with van der Waals surface area (Å²) in [6.45, 7) is 27.5. The minimum Gasteiger partial charge on any atom is -0.507 e. The molecule has 2 rings (SSSR count). The van der Waals surface area contributed by atoms with Crippen molar-refractivity contribution in [3.63, 3.8) is 0 Å². The molecule has 0 bridgehead atoms. The Morgan fingerprint density at radius 2 is 1.02 bits per heavy atom. The van der Waals surface area contributed by atoms with Crippen molar-refractivity contribution in [2.24, 2.45) is 5.73 Å². The topological polar surface area (TPSA) is 110 Å². The van der Waals surface area contributed by atoms with E-state index in [4.69, 9.17) is 9.84 Å². The first kappa shape index (κ1) is 38.9. The van der Waals surface area contributed by atoms with Gasteiger partial charge in [-0.25, -0.2) is 0 Å². The molecule has 4 N–H and O–H groups in total. The quantitative estimate of drug-likeness (QED) is 0.114. The van der Waals surface area contributed by atoms with Crippen molar-refractivity contribution in [2.45, 2.75) is 139 Å². The number of carboxylic acid groups (broad SMARTS) is 1. The van der Waals surface area contributed by atoms with Gasteiger partial charge in [-0.3, -0.25) is 9.59 Å². The second kappa shape index (κ2) is 14.7. The molecule has 0 amide bonds. The molecule has 0 fully saturated rings. The molecule has 8 heteroatoms. The summed E-state index contributed by atoms with van der Waals surface area (Å²) in [4.78, 5) is 25.9. The molecule has 0 aliphatic carbocycles. The van der Waals surface area contributed by atoms with Gasteiger partial charge in [0.1, 0.15) is 11.5 Å². The van der Waals surface area contributed by atoms with Crippen LogP contribution in [0.15, 0.2) is 34.1 Å². The molecule has 1 unspecified atom stereocenters. The van der Waals surface area contributed by atoms with Gasteiger partial charge in [-0.1, -0.05) is 83.1 Å². The van der Waals surface area contributed by atoms with Gasteiger partial charge in [0.25, 0.3) is 0 Å². The first-order chi connectivity index (χ1) is 19.4. The highest BCUT2D eigenvalue weighted by molar-refractivity contribution is 8.17. The minimum absolute atomic E-state index is 0.157. The van der Waals surface area contributed by atoms with E-state index in [-0.39, 0.29) is 39.1 Å². The molecule has 0 aliphatic rings. The Morgan fingerprint density at radius 3 is 1.33 bits per heavy atom. The van der Waals surface area contributed by atoms with Crippen LogP contribution in [-0.4, -0.2) is 33.8 Å². The van der Waals surface area contributed by atoms with Crippen LogP contribution in [0.3, 0.4) is 0 Å². The highest BCUT2D eigenvalue weighted by atomic mass is 32.2. The number of aliphatic carboxylic acids is 1. The number of hydrogen-bond acceptors (Lipinski definition) is 7. The van der Waals surface area contributed by atoms with Crippen molar-refractivity contribution < 1.29 is 24.5 Å². The monoisotopic (exact) mass is 633 g/mol. The van der Waals surface area contributed by atoms with Crippen LogP contribution >= 0.6 is 23.5 Å². The third kappa shape index (κ3) is 11.4.